The summed E-state index contributed by atoms with van der Waals surface area (Å²) in [5, 5.41) is 6.60. The number of aromatic nitrogens is 3. The summed E-state index contributed by atoms with van der Waals surface area (Å²) in [6.45, 7) is 6.13. The van der Waals surface area contributed by atoms with Gasteiger partial charge in [-0.25, -0.2) is 0 Å². The van der Waals surface area contributed by atoms with Gasteiger partial charge in [0, 0.05) is 26.7 Å². The Morgan fingerprint density at radius 1 is 0.667 bits per heavy atom. The van der Waals surface area contributed by atoms with E-state index >= 15 is 0 Å². The molecule has 0 aliphatic rings. The average molecular weight is 529 g/mol. The predicted octanol–water partition coefficient (Wildman–Crippen LogP) is 6.30. The van der Waals surface area contributed by atoms with Crippen LogP contribution in [0, 0.1) is 0 Å². The zero-order valence-corrected chi connectivity index (χ0v) is 23.9. The summed E-state index contributed by atoms with van der Waals surface area (Å²) >= 11 is 0. The Balaban J connectivity index is 2.49. The topological polar surface area (TPSA) is 120 Å². The second kappa shape index (κ2) is 20.4. The summed E-state index contributed by atoms with van der Waals surface area (Å²) in [4.78, 5) is 15.1. The molecular formula is C26H52N6O3S. The molecule has 0 bridgehead atoms. The molecular weight excluding hydrogens is 476 g/mol. The van der Waals surface area contributed by atoms with E-state index in [0.29, 0.717) is 17.8 Å². The largest absolute Gasteiger partial charge is 0.354 e. The smallest absolute Gasteiger partial charge is 0.266 e. The lowest BCUT2D eigenvalue weighted by molar-refractivity contribution is 0.483. The average Bonchev–Trinajstić information content (AvgIpc) is 2.84. The normalized spacial score (nSPS) is 11.6. The van der Waals surface area contributed by atoms with E-state index in [2.05, 4.69) is 39.4 Å². The van der Waals surface area contributed by atoms with Gasteiger partial charge in [0.05, 0.1) is 5.75 Å². The first-order valence-electron chi connectivity index (χ1n) is 14.3. The fraction of sp³-hybridized carbons (Fsp3) is 0.885. The highest BCUT2D eigenvalue weighted by Crippen LogP contribution is 2.15. The lowest BCUT2D eigenvalue weighted by atomic mass is 10.1. The number of hydrogen-bond acceptors (Lipinski definition) is 8. The maximum Gasteiger partial charge on any atom is 0.266 e. The monoisotopic (exact) mass is 528 g/mol. The van der Waals surface area contributed by atoms with Crippen LogP contribution < -0.4 is 15.5 Å². The highest BCUT2D eigenvalue weighted by molar-refractivity contribution is 7.85. The molecule has 0 fully saturated rings. The first-order chi connectivity index (χ1) is 17.4. The number of unbranched alkanes of at least 4 members (excludes halogenated alkanes) is 14. The number of anilines is 3. The molecule has 0 spiro atoms. The summed E-state index contributed by atoms with van der Waals surface area (Å²) < 4.78 is 31.4. The van der Waals surface area contributed by atoms with Crippen molar-refractivity contribution in [1.29, 1.82) is 0 Å². The van der Waals surface area contributed by atoms with Crippen molar-refractivity contribution in [3.05, 3.63) is 0 Å². The van der Waals surface area contributed by atoms with E-state index in [4.69, 9.17) is 4.55 Å². The van der Waals surface area contributed by atoms with Crippen LogP contribution in [-0.4, -0.2) is 60.4 Å². The van der Waals surface area contributed by atoms with E-state index in [0.717, 1.165) is 25.9 Å². The standard InChI is InChI=1S/C26H52N6O3S/c1-4-6-8-10-12-13-14-15-17-19-21-28-25-29-24(27-20-18-16-11-9-7-5-2)30-26(31-25)32(3)22-23-36(33,34)35/h4-23H2,1-3H3,(H,33,34,35)(H2,27,28,29,30,31). The Morgan fingerprint density at radius 3 is 1.44 bits per heavy atom. The maximum absolute atomic E-state index is 11.1. The van der Waals surface area contributed by atoms with E-state index in [1.165, 1.54) is 89.9 Å². The van der Waals surface area contributed by atoms with Crippen molar-refractivity contribution in [3.8, 4) is 0 Å². The van der Waals surface area contributed by atoms with Gasteiger partial charge >= 0.3 is 0 Å². The fourth-order valence-electron chi connectivity index (χ4n) is 3.96. The van der Waals surface area contributed by atoms with Gasteiger partial charge in [-0.1, -0.05) is 104 Å². The van der Waals surface area contributed by atoms with Gasteiger partial charge in [0.2, 0.25) is 17.8 Å². The van der Waals surface area contributed by atoms with E-state index in [1.807, 2.05) is 0 Å². The molecule has 1 heterocycles. The van der Waals surface area contributed by atoms with Crippen LogP contribution >= 0.6 is 0 Å². The second-order valence-corrected chi connectivity index (χ2v) is 11.4. The molecule has 1 aromatic rings. The summed E-state index contributed by atoms with van der Waals surface area (Å²) in [5.74, 6) is 0.972. The third kappa shape index (κ3) is 17.7. The van der Waals surface area contributed by atoms with Gasteiger partial charge in [-0.2, -0.15) is 23.4 Å². The highest BCUT2D eigenvalue weighted by atomic mass is 32.2. The van der Waals surface area contributed by atoms with Crippen LogP contribution in [0.15, 0.2) is 0 Å². The van der Waals surface area contributed by atoms with Gasteiger partial charge in [0.25, 0.3) is 10.1 Å². The van der Waals surface area contributed by atoms with Gasteiger partial charge in [-0.15, -0.1) is 0 Å². The van der Waals surface area contributed by atoms with Crippen LogP contribution in [0.5, 0.6) is 0 Å². The molecule has 210 valence electrons. The van der Waals surface area contributed by atoms with Crippen LogP contribution in [0.4, 0.5) is 17.8 Å². The second-order valence-electron chi connectivity index (χ2n) is 9.79. The SMILES string of the molecule is CCCCCCCCCCCCNc1nc(NCCCCCCCC)nc(N(C)CCS(=O)(=O)O)n1. The molecule has 10 heteroatoms. The molecule has 0 unspecified atom stereocenters. The van der Waals surface area contributed by atoms with Crippen LogP contribution in [0.25, 0.3) is 0 Å². The summed E-state index contributed by atoms with van der Waals surface area (Å²) in [6.07, 6.45) is 20.1. The summed E-state index contributed by atoms with van der Waals surface area (Å²) in [6, 6.07) is 0. The molecule has 0 saturated carbocycles. The molecule has 0 saturated heterocycles. The summed E-state index contributed by atoms with van der Waals surface area (Å²) in [7, 11) is -2.34. The van der Waals surface area contributed by atoms with Crippen molar-refractivity contribution in [3.63, 3.8) is 0 Å². The maximum atomic E-state index is 11.1. The first-order valence-corrected chi connectivity index (χ1v) is 15.9. The molecule has 0 atom stereocenters. The molecule has 36 heavy (non-hydrogen) atoms. The molecule has 0 amide bonds. The van der Waals surface area contributed by atoms with E-state index in [9.17, 15) is 8.42 Å². The van der Waals surface area contributed by atoms with Crippen molar-refractivity contribution < 1.29 is 13.0 Å². The predicted molar refractivity (Wildman–Crippen MR) is 152 cm³/mol. The Morgan fingerprint density at radius 2 is 1.06 bits per heavy atom. The zero-order chi connectivity index (χ0) is 26.5. The molecule has 0 aliphatic heterocycles. The van der Waals surface area contributed by atoms with Gasteiger partial charge < -0.3 is 15.5 Å². The zero-order valence-electron chi connectivity index (χ0n) is 23.1. The molecule has 0 aromatic carbocycles. The van der Waals surface area contributed by atoms with Gasteiger partial charge in [0.1, 0.15) is 0 Å². The Hall–Kier alpha value is -1.68. The number of rotatable bonds is 24. The van der Waals surface area contributed by atoms with Gasteiger partial charge in [-0.05, 0) is 12.8 Å². The fourth-order valence-corrected chi connectivity index (χ4v) is 4.47. The molecule has 3 N–H and O–H groups in total. The van der Waals surface area contributed by atoms with Crippen LogP contribution in [-0.2, 0) is 10.1 Å². The third-order valence-electron chi connectivity index (χ3n) is 6.28. The Bertz CT molecular complexity index is 779. The van der Waals surface area contributed by atoms with Crippen molar-refractivity contribution in [2.75, 3.05) is 48.0 Å². The van der Waals surface area contributed by atoms with Crippen molar-refractivity contribution >= 4 is 28.0 Å². The van der Waals surface area contributed by atoms with E-state index in [1.54, 1.807) is 11.9 Å². The number of nitrogens with zero attached hydrogens (tertiary/aromatic N) is 4. The first kappa shape index (κ1) is 32.3. The minimum atomic E-state index is -4.05. The summed E-state index contributed by atoms with van der Waals surface area (Å²) in [5.41, 5.74) is 0. The van der Waals surface area contributed by atoms with E-state index in [-0.39, 0.29) is 12.3 Å². The molecule has 0 radical (unpaired) electrons. The lowest BCUT2D eigenvalue weighted by Gasteiger charge is -2.18. The third-order valence-corrected chi connectivity index (χ3v) is 6.98. The van der Waals surface area contributed by atoms with E-state index < -0.39 is 10.1 Å². The minimum Gasteiger partial charge on any atom is -0.354 e. The minimum absolute atomic E-state index is 0.0948. The molecule has 1 aromatic heterocycles. The van der Waals surface area contributed by atoms with Crippen LogP contribution in [0.3, 0.4) is 0 Å². The molecule has 9 nitrogen and oxygen atoms in total. The number of hydrogen-bond donors (Lipinski definition) is 3. The Kier molecular flexibility index (Phi) is 18.3. The highest BCUT2D eigenvalue weighted by Gasteiger charge is 2.13. The van der Waals surface area contributed by atoms with Gasteiger partial charge in [0.15, 0.2) is 0 Å². The van der Waals surface area contributed by atoms with Crippen molar-refractivity contribution in [2.45, 2.75) is 117 Å². The van der Waals surface area contributed by atoms with Gasteiger partial charge in [-0.3, -0.25) is 4.55 Å². The lowest BCUT2D eigenvalue weighted by Crippen LogP contribution is -2.27. The van der Waals surface area contributed by atoms with Crippen molar-refractivity contribution in [2.24, 2.45) is 0 Å². The Labute approximate surface area is 220 Å². The molecule has 1 rings (SSSR count). The van der Waals surface area contributed by atoms with Crippen LogP contribution in [0.2, 0.25) is 0 Å². The number of nitrogens with one attached hydrogen (secondary N) is 2. The quantitative estimate of drug-likeness (QED) is 0.105. The van der Waals surface area contributed by atoms with Crippen molar-refractivity contribution in [1.82, 2.24) is 15.0 Å². The molecule has 0 aliphatic carbocycles. The van der Waals surface area contributed by atoms with Crippen LogP contribution in [0.1, 0.15) is 117 Å².